The number of carbonyl (C=O) groups excluding carboxylic acids is 1. The van der Waals surface area contributed by atoms with E-state index in [0.29, 0.717) is 6.04 Å². The summed E-state index contributed by atoms with van der Waals surface area (Å²) in [5.41, 5.74) is 2.32. The molecule has 1 aliphatic rings. The second-order valence-electron chi connectivity index (χ2n) is 5.68. The molecule has 1 N–H and O–H groups in total. The van der Waals surface area contributed by atoms with Crippen LogP contribution in [0.25, 0.3) is 0 Å². The first-order valence-electron chi connectivity index (χ1n) is 7.86. The third-order valence-electron chi connectivity index (χ3n) is 4.02. The van der Waals surface area contributed by atoms with Crippen molar-refractivity contribution >= 4 is 5.91 Å². The zero-order valence-electron chi connectivity index (χ0n) is 13.3. The van der Waals surface area contributed by atoms with Gasteiger partial charge < -0.3 is 15.0 Å². The summed E-state index contributed by atoms with van der Waals surface area (Å²) in [5.74, 6) is 0.895. The van der Waals surface area contributed by atoms with Crippen LogP contribution >= 0.6 is 0 Å². The Balaban J connectivity index is 1.92. The maximum absolute atomic E-state index is 12.0. The maximum Gasteiger partial charge on any atom is 0.260 e. The van der Waals surface area contributed by atoms with Gasteiger partial charge in [0.25, 0.3) is 5.91 Å². The monoisotopic (exact) mass is 290 g/mol. The minimum Gasteiger partial charge on any atom is -0.484 e. The van der Waals surface area contributed by atoms with Crippen LogP contribution in [0.4, 0.5) is 0 Å². The Bertz CT molecular complexity index is 482. The zero-order valence-corrected chi connectivity index (χ0v) is 13.3. The lowest BCUT2D eigenvalue weighted by Crippen LogP contribution is -2.32. The van der Waals surface area contributed by atoms with Crippen LogP contribution in [-0.2, 0) is 4.79 Å². The number of benzene rings is 1. The third-order valence-corrected chi connectivity index (χ3v) is 4.02. The molecule has 1 saturated heterocycles. The molecule has 1 atom stereocenters. The van der Waals surface area contributed by atoms with E-state index >= 15 is 0 Å². The van der Waals surface area contributed by atoms with Crippen LogP contribution in [0, 0.1) is 6.92 Å². The Hall–Kier alpha value is -1.55. The average Bonchev–Trinajstić information content (AvgIpc) is 3.00. The van der Waals surface area contributed by atoms with Gasteiger partial charge in [0.15, 0.2) is 6.61 Å². The number of likely N-dealkylation sites (tertiary alicyclic amines) is 1. The molecule has 0 aromatic heterocycles. The molecule has 21 heavy (non-hydrogen) atoms. The third kappa shape index (κ3) is 4.21. The van der Waals surface area contributed by atoms with Gasteiger partial charge in [0.1, 0.15) is 5.75 Å². The summed E-state index contributed by atoms with van der Waals surface area (Å²) in [7, 11) is 0. The highest BCUT2D eigenvalue weighted by Crippen LogP contribution is 2.23. The predicted molar refractivity (Wildman–Crippen MR) is 84.6 cm³/mol. The molecule has 4 heteroatoms. The van der Waals surface area contributed by atoms with Gasteiger partial charge in [0, 0.05) is 19.1 Å². The summed E-state index contributed by atoms with van der Waals surface area (Å²) in [4.78, 5) is 13.9. The van der Waals surface area contributed by atoms with E-state index in [9.17, 15) is 4.79 Å². The number of nitrogens with one attached hydrogen (secondary N) is 1. The first-order chi connectivity index (χ1) is 10.1. The lowest BCUT2D eigenvalue weighted by molar-refractivity contribution is -0.132. The summed E-state index contributed by atoms with van der Waals surface area (Å²) < 4.78 is 5.69. The van der Waals surface area contributed by atoms with E-state index < -0.39 is 0 Å². The SMILES string of the molecule is CCNC(C)c1ccc(OCC(=O)N2CCCC2)c(C)c1. The molecule has 0 aliphatic carbocycles. The zero-order chi connectivity index (χ0) is 15.2. The van der Waals surface area contributed by atoms with Gasteiger partial charge >= 0.3 is 0 Å². The molecule has 0 radical (unpaired) electrons. The number of nitrogens with zero attached hydrogens (tertiary/aromatic N) is 1. The molecule has 0 spiro atoms. The van der Waals surface area contributed by atoms with Crippen LogP contribution in [-0.4, -0.2) is 37.0 Å². The molecule has 1 aromatic rings. The van der Waals surface area contributed by atoms with Crippen molar-refractivity contribution in [1.82, 2.24) is 10.2 Å². The molecule has 1 heterocycles. The van der Waals surface area contributed by atoms with Crippen LogP contribution in [0.15, 0.2) is 18.2 Å². The second-order valence-corrected chi connectivity index (χ2v) is 5.68. The molecule has 1 aromatic carbocycles. The fraction of sp³-hybridized carbons (Fsp3) is 0.588. The van der Waals surface area contributed by atoms with Crippen molar-refractivity contribution in [3.05, 3.63) is 29.3 Å². The number of hydrogen-bond acceptors (Lipinski definition) is 3. The number of rotatable bonds is 6. The largest absolute Gasteiger partial charge is 0.484 e. The van der Waals surface area contributed by atoms with Crippen LogP contribution in [0.3, 0.4) is 0 Å². The summed E-state index contributed by atoms with van der Waals surface area (Å²) in [6.45, 7) is 9.12. The van der Waals surface area contributed by atoms with E-state index in [0.717, 1.165) is 43.8 Å². The number of carbonyl (C=O) groups is 1. The average molecular weight is 290 g/mol. The van der Waals surface area contributed by atoms with Gasteiger partial charge in [-0.3, -0.25) is 4.79 Å². The van der Waals surface area contributed by atoms with Crippen molar-refractivity contribution in [2.24, 2.45) is 0 Å². The van der Waals surface area contributed by atoms with Crippen molar-refractivity contribution in [1.29, 1.82) is 0 Å². The molecule has 116 valence electrons. The molecule has 1 aliphatic heterocycles. The minimum atomic E-state index is 0.0944. The van der Waals surface area contributed by atoms with E-state index in [2.05, 4.69) is 31.3 Å². The van der Waals surface area contributed by atoms with Crippen LogP contribution < -0.4 is 10.1 Å². The molecule has 0 bridgehead atoms. The highest BCUT2D eigenvalue weighted by molar-refractivity contribution is 5.78. The van der Waals surface area contributed by atoms with E-state index in [-0.39, 0.29) is 12.5 Å². The Kier molecular flexibility index (Phi) is 5.62. The van der Waals surface area contributed by atoms with Gasteiger partial charge in [-0.25, -0.2) is 0 Å². The maximum atomic E-state index is 12.0. The number of hydrogen-bond donors (Lipinski definition) is 1. The molecule has 1 amide bonds. The topological polar surface area (TPSA) is 41.6 Å². The molecule has 4 nitrogen and oxygen atoms in total. The van der Waals surface area contributed by atoms with Gasteiger partial charge in [-0.1, -0.05) is 19.1 Å². The molecule has 0 saturated carbocycles. The Labute approximate surface area is 127 Å². The lowest BCUT2D eigenvalue weighted by Gasteiger charge is -2.18. The van der Waals surface area contributed by atoms with Gasteiger partial charge in [-0.15, -0.1) is 0 Å². The first-order valence-corrected chi connectivity index (χ1v) is 7.86. The Morgan fingerprint density at radius 3 is 2.71 bits per heavy atom. The van der Waals surface area contributed by atoms with E-state index in [1.165, 1.54) is 5.56 Å². The second kappa shape index (κ2) is 7.46. The minimum absolute atomic E-state index is 0.0944. The Morgan fingerprint density at radius 2 is 2.10 bits per heavy atom. The molecular formula is C17H26N2O2. The van der Waals surface area contributed by atoms with Gasteiger partial charge in [-0.2, -0.15) is 0 Å². The standard InChI is InChI=1S/C17H26N2O2/c1-4-18-14(3)15-7-8-16(13(2)11-15)21-12-17(20)19-9-5-6-10-19/h7-8,11,14,18H,4-6,9-10,12H2,1-3H3. The summed E-state index contributed by atoms with van der Waals surface area (Å²) >= 11 is 0. The van der Waals surface area contributed by atoms with Gasteiger partial charge in [0.2, 0.25) is 0 Å². The van der Waals surface area contributed by atoms with E-state index in [4.69, 9.17) is 4.74 Å². The Morgan fingerprint density at radius 1 is 1.38 bits per heavy atom. The lowest BCUT2D eigenvalue weighted by atomic mass is 10.1. The van der Waals surface area contributed by atoms with E-state index in [1.54, 1.807) is 0 Å². The highest BCUT2D eigenvalue weighted by Gasteiger charge is 2.18. The van der Waals surface area contributed by atoms with Crippen molar-refractivity contribution in [3.63, 3.8) is 0 Å². The number of ether oxygens (including phenoxy) is 1. The van der Waals surface area contributed by atoms with Crippen LogP contribution in [0.2, 0.25) is 0 Å². The summed E-state index contributed by atoms with van der Waals surface area (Å²) in [5, 5.41) is 3.39. The van der Waals surface area contributed by atoms with Crippen molar-refractivity contribution < 1.29 is 9.53 Å². The van der Waals surface area contributed by atoms with Crippen LogP contribution in [0.1, 0.15) is 43.9 Å². The quantitative estimate of drug-likeness (QED) is 0.876. The summed E-state index contributed by atoms with van der Waals surface area (Å²) in [6, 6.07) is 6.49. The predicted octanol–water partition coefficient (Wildman–Crippen LogP) is 2.67. The molecule has 2 rings (SSSR count). The number of aryl methyl sites for hydroxylation is 1. The van der Waals surface area contributed by atoms with Gasteiger partial charge in [0.05, 0.1) is 0 Å². The molecular weight excluding hydrogens is 264 g/mol. The van der Waals surface area contributed by atoms with Crippen molar-refractivity contribution in [2.45, 2.75) is 39.7 Å². The molecule has 1 unspecified atom stereocenters. The van der Waals surface area contributed by atoms with Crippen LogP contribution in [0.5, 0.6) is 5.75 Å². The van der Waals surface area contributed by atoms with Gasteiger partial charge in [-0.05, 0) is 50.4 Å². The first kappa shape index (κ1) is 15.8. The fourth-order valence-corrected chi connectivity index (χ4v) is 2.73. The van der Waals surface area contributed by atoms with Crippen molar-refractivity contribution in [3.8, 4) is 5.75 Å². The normalized spacial score (nSPS) is 16.0. The summed E-state index contributed by atoms with van der Waals surface area (Å²) in [6.07, 6.45) is 2.23. The fourth-order valence-electron chi connectivity index (χ4n) is 2.73. The highest BCUT2D eigenvalue weighted by atomic mass is 16.5. The smallest absolute Gasteiger partial charge is 0.260 e. The molecule has 1 fully saturated rings. The number of amides is 1. The van der Waals surface area contributed by atoms with Crippen molar-refractivity contribution in [2.75, 3.05) is 26.2 Å². The van der Waals surface area contributed by atoms with E-state index in [1.807, 2.05) is 17.9 Å².